The predicted octanol–water partition coefficient (Wildman–Crippen LogP) is 8.39. The van der Waals surface area contributed by atoms with E-state index in [1.54, 1.807) is 71.5 Å². The van der Waals surface area contributed by atoms with E-state index in [1.807, 2.05) is 0 Å². The Balaban J connectivity index is 1.43. The van der Waals surface area contributed by atoms with Crippen molar-refractivity contribution in [2.24, 2.45) is 0 Å². The number of Topliss-reactive ketones (excluding diaryl/α,β-unsaturated/α-hetero) is 1. The standard InChI is InChI=1S/C36H22F6N2O2/c1-19-29(25-13-3-5-15-27(25)43(19)23-11-7-9-21(17-23)35(37,38)39)31-33(45)32(34(31)46)30-20(2)44(28-16-6-4-14-26(28)30)24-12-8-10-22(18-24)36(40,41)42/h3-18H,1-2H3. The van der Waals surface area contributed by atoms with Crippen LogP contribution in [0.15, 0.2) is 108 Å². The van der Waals surface area contributed by atoms with Gasteiger partial charge in [-0.2, -0.15) is 30.9 Å². The zero-order chi connectivity index (χ0) is 32.7. The number of benzene rings is 4. The van der Waals surface area contributed by atoms with E-state index in [0.29, 0.717) is 44.7 Å². The van der Waals surface area contributed by atoms with Gasteiger partial charge in [-0.05, 0) is 43.3 Å². The second kappa shape index (κ2) is 10.1. The summed E-state index contributed by atoms with van der Waals surface area (Å²) in [6, 6.07) is 23.3. The van der Waals surface area contributed by atoms with Gasteiger partial charge in [0.15, 0.2) is 11.5 Å². The number of rotatable bonds is 3. The molecule has 230 valence electrons. The fourth-order valence-corrected chi connectivity index (χ4v) is 6.52. The monoisotopic (exact) mass is 628 g/mol. The van der Waals surface area contributed by atoms with Crippen LogP contribution >= 0.6 is 0 Å². The highest BCUT2D eigenvalue weighted by Gasteiger charge is 2.42. The predicted molar refractivity (Wildman–Crippen MR) is 162 cm³/mol. The lowest BCUT2D eigenvalue weighted by molar-refractivity contribution is -0.297. The first-order valence-corrected chi connectivity index (χ1v) is 14.2. The lowest BCUT2D eigenvalue weighted by Crippen LogP contribution is -2.31. The van der Waals surface area contributed by atoms with Crippen molar-refractivity contribution in [3.8, 4) is 5.69 Å². The Morgan fingerprint density at radius 2 is 1.33 bits per heavy atom. The maximum Gasteiger partial charge on any atom is 0.416 e. The summed E-state index contributed by atoms with van der Waals surface area (Å²) in [6.45, 7) is 3.29. The van der Waals surface area contributed by atoms with E-state index in [9.17, 15) is 36.2 Å². The van der Waals surface area contributed by atoms with Crippen LogP contribution in [-0.4, -0.2) is 16.1 Å². The number of carbonyl (C=O) groups excluding carboxylic acids is 1. The number of fused-ring (bicyclic) bond motifs is 2. The zero-order valence-electron chi connectivity index (χ0n) is 24.2. The molecular weight excluding hydrogens is 606 g/mol. The third-order valence-electron chi connectivity index (χ3n) is 8.49. The molecular formula is C36H22F6N2O2. The first-order valence-electron chi connectivity index (χ1n) is 14.2. The minimum absolute atomic E-state index is 0.0928. The fourth-order valence-electron chi connectivity index (χ4n) is 6.52. The van der Waals surface area contributed by atoms with Gasteiger partial charge in [-0.3, -0.25) is 4.79 Å². The van der Waals surface area contributed by atoms with Gasteiger partial charge < -0.3 is 9.67 Å². The van der Waals surface area contributed by atoms with Crippen LogP contribution in [0.5, 0.6) is 0 Å². The highest BCUT2D eigenvalue weighted by molar-refractivity contribution is 6.47. The Morgan fingerprint density at radius 3 is 2.02 bits per heavy atom. The number of para-hydroxylation sites is 2. The molecule has 0 atom stereocenters. The third-order valence-corrected chi connectivity index (χ3v) is 8.49. The molecule has 0 spiro atoms. The summed E-state index contributed by atoms with van der Waals surface area (Å²) in [6.07, 6.45) is -9.14. The highest BCUT2D eigenvalue weighted by atomic mass is 19.4. The number of carbonyl (C=O) groups is 1. The van der Waals surface area contributed by atoms with Crippen LogP contribution in [0.3, 0.4) is 0 Å². The molecule has 0 fully saturated rings. The molecule has 1 aliphatic heterocycles. The highest BCUT2D eigenvalue weighted by Crippen LogP contribution is 2.48. The topological polar surface area (TPSA) is 48.1 Å². The molecule has 10 heteroatoms. The summed E-state index contributed by atoms with van der Waals surface area (Å²) in [5, 5.41) is 14.5. The van der Waals surface area contributed by atoms with E-state index >= 15 is 0 Å². The van der Waals surface area contributed by atoms with Crippen molar-refractivity contribution < 1.29 is 36.2 Å². The number of hydrogen-bond donors (Lipinski definition) is 0. The minimum atomic E-state index is -4.57. The van der Waals surface area contributed by atoms with Crippen molar-refractivity contribution in [1.82, 2.24) is 9.14 Å². The second-order valence-electron chi connectivity index (χ2n) is 11.1. The van der Waals surface area contributed by atoms with Crippen molar-refractivity contribution in [3.63, 3.8) is 0 Å². The van der Waals surface area contributed by atoms with Gasteiger partial charge in [0.1, 0.15) is 0 Å². The SMILES string of the molecule is CC1=[N+](c2cccc(C(F)(F)F)c2)c2ccccc2/C1=C1\C(=O)C(c2c(C)n(-c3cccc(C(F)(F)F)c3)c3ccccc23)=C1[O-]. The van der Waals surface area contributed by atoms with Gasteiger partial charge in [-0.15, -0.1) is 0 Å². The van der Waals surface area contributed by atoms with Crippen molar-refractivity contribution in [2.45, 2.75) is 26.2 Å². The molecule has 1 aliphatic carbocycles. The van der Waals surface area contributed by atoms with Crippen LogP contribution in [-0.2, 0) is 17.1 Å². The molecule has 0 amide bonds. The summed E-state index contributed by atoms with van der Waals surface area (Å²) >= 11 is 0. The van der Waals surface area contributed by atoms with Gasteiger partial charge in [0, 0.05) is 58.6 Å². The molecule has 2 aliphatic rings. The molecule has 0 saturated carbocycles. The number of aromatic nitrogens is 1. The Labute approximate surface area is 258 Å². The first kappa shape index (κ1) is 29.3. The number of halogens is 6. The molecule has 0 N–H and O–H groups in total. The van der Waals surface area contributed by atoms with E-state index in [-0.39, 0.29) is 22.5 Å². The molecule has 0 saturated heterocycles. The number of ketones is 1. The lowest BCUT2D eigenvalue weighted by atomic mass is 9.78. The summed E-state index contributed by atoms with van der Waals surface area (Å²) < 4.78 is 84.6. The zero-order valence-corrected chi connectivity index (χ0v) is 24.2. The Kier molecular flexibility index (Phi) is 6.42. The van der Waals surface area contributed by atoms with Crippen LogP contribution in [0.4, 0.5) is 37.7 Å². The van der Waals surface area contributed by atoms with Crippen molar-refractivity contribution in [2.75, 3.05) is 0 Å². The molecule has 0 bridgehead atoms. The normalized spacial score (nSPS) is 16.8. The summed E-state index contributed by atoms with van der Waals surface area (Å²) in [5.74, 6) is -1.09. The summed E-state index contributed by atoms with van der Waals surface area (Å²) in [7, 11) is 0. The molecule has 1 aromatic heterocycles. The van der Waals surface area contributed by atoms with Gasteiger partial charge in [-0.25, -0.2) is 0 Å². The number of allylic oxidation sites excluding steroid dienone is 3. The van der Waals surface area contributed by atoms with Gasteiger partial charge in [0.2, 0.25) is 11.4 Å². The minimum Gasteiger partial charge on any atom is -0.871 e. The maximum atomic E-state index is 14.0. The molecule has 46 heavy (non-hydrogen) atoms. The lowest BCUT2D eigenvalue weighted by Gasteiger charge is -2.32. The average Bonchev–Trinajstić information content (AvgIpc) is 3.47. The molecule has 0 unspecified atom stereocenters. The van der Waals surface area contributed by atoms with E-state index in [1.165, 1.54) is 24.3 Å². The Morgan fingerprint density at radius 1 is 0.696 bits per heavy atom. The number of nitrogens with zero attached hydrogens (tertiary/aromatic N) is 2. The molecule has 5 aromatic rings. The first-order chi connectivity index (χ1) is 21.8. The molecule has 0 radical (unpaired) electrons. The van der Waals surface area contributed by atoms with Crippen molar-refractivity contribution in [3.05, 3.63) is 136 Å². The Hall–Kier alpha value is -5.38. The van der Waals surface area contributed by atoms with E-state index in [4.69, 9.17) is 0 Å². The molecule has 4 nitrogen and oxygen atoms in total. The van der Waals surface area contributed by atoms with Gasteiger partial charge in [0.05, 0.1) is 27.8 Å². The van der Waals surface area contributed by atoms with Gasteiger partial charge >= 0.3 is 12.4 Å². The van der Waals surface area contributed by atoms with Crippen LogP contribution in [0.25, 0.3) is 27.7 Å². The van der Waals surface area contributed by atoms with Crippen molar-refractivity contribution >= 4 is 44.9 Å². The maximum absolute atomic E-state index is 14.0. The molecule has 2 heterocycles. The van der Waals surface area contributed by atoms with Crippen LogP contribution in [0, 0.1) is 6.92 Å². The fraction of sp³-hybridized carbons (Fsp3) is 0.111. The quantitative estimate of drug-likeness (QED) is 0.115. The third kappa shape index (κ3) is 4.31. The largest absolute Gasteiger partial charge is 0.871 e. The summed E-state index contributed by atoms with van der Waals surface area (Å²) in [4.78, 5) is 14.0. The number of hydrogen-bond acceptors (Lipinski definition) is 2. The van der Waals surface area contributed by atoms with E-state index < -0.39 is 35.0 Å². The van der Waals surface area contributed by atoms with E-state index in [2.05, 4.69) is 0 Å². The summed E-state index contributed by atoms with van der Waals surface area (Å²) in [5.41, 5.74) is 1.63. The van der Waals surface area contributed by atoms with Crippen LogP contribution < -0.4 is 9.68 Å². The Bertz CT molecular complexity index is 2230. The number of alkyl halides is 6. The second-order valence-corrected chi connectivity index (χ2v) is 11.1. The van der Waals surface area contributed by atoms with Gasteiger partial charge in [0.25, 0.3) is 0 Å². The van der Waals surface area contributed by atoms with Crippen molar-refractivity contribution in [1.29, 1.82) is 0 Å². The van der Waals surface area contributed by atoms with Crippen LogP contribution in [0.2, 0.25) is 0 Å². The molecule has 7 rings (SSSR count). The van der Waals surface area contributed by atoms with E-state index in [0.717, 1.165) is 24.3 Å². The van der Waals surface area contributed by atoms with Crippen LogP contribution in [0.1, 0.15) is 34.9 Å². The smallest absolute Gasteiger partial charge is 0.416 e. The molecule has 4 aromatic carbocycles. The average molecular weight is 629 g/mol. The van der Waals surface area contributed by atoms with Gasteiger partial charge in [-0.1, -0.05) is 48.2 Å².